The largest absolute Gasteiger partial charge is 0.322 e. The number of aromatic nitrogens is 4. The number of nitro benzene ring substituents is 1. The molecule has 4 aromatic rings. The van der Waals surface area contributed by atoms with Crippen molar-refractivity contribution in [2.45, 2.75) is 6.92 Å². The van der Waals surface area contributed by atoms with E-state index in [1.165, 1.54) is 35.6 Å². The van der Waals surface area contributed by atoms with E-state index in [2.05, 4.69) is 20.6 Å². The van der Waals surface area contributed by atoms with E-state index < -0.39 is 10.8 Å². The number of anilines is 1. The van der Waals surface area contributed by atoms with Gasteiger partial charge < -0.3 is 5.32 Å². The molecule has 0 radical (unpaired) electrons. The summed E-state index contributed by atoms with van der Waals surface area (Å²) in [6.07, 6.45) is 0. The van der Waals surface area contributed by atoms with Gasteiger partial charge in [0.1, 0.15) is 5.01 Å². The first-order chi connectivity index (χ1) is 13.0. The van der Waals surface area contributed by atoms with Gasteiger partial charge >= 0.3 is 0 Å². The Morgan fingerprint density at radius 1 is 1.19 bits per heavy atom. The van der Waals surface area contributed by atoms with E-state index in [4.69, 9.17) is 0 Å². The number of fused-ring (bicyclic) bond motifs is 1. The molecule has 1 amide bonds. The fourth-order valence-electron chi connectivity index (χ4n) is 2.49. The van der Waals surface area contributed by atoms with Gasteiger partial charge in [-0.2, -0.15) is 9.61 Å². The number of nitro groups is 1. The third kappa shape index (κ3) is 3.25. The van der Waals surface area contributed by atoms with Crippen molar-refractivity contribution in [3.63, 3.8) is 0 Å². The minimum Gasteiger partial charge on any atom is -0.322 e. The van der Waals surface area contributed by atoms with E-state index in [1.54, 1.807) is 16.6 Å². The van der Waals surface area contributed by atoms with E-state index >= 15 is 0 Å². The van der Waals surface area contributed by atoms with Gasteiger partial charge in [-0.3, -0.25) is 14.9 Å². The number of aryl methyl sites for hydroxylation is 1. The van der Waals surface area contributed by atoms with Crippen LogP contribution in [-0.4, -0.2) is 30.6 Å². The molecule has 0 saturated heterocycles. The van der Waals surface area contributed by atoms with E-state index in [0.717, 1.165) is 10.6 Å². The summed E-state index contributed by atoms with van der Waals surface area (Å²) in [6, 6.07) is 12.8. The highest BCUT2D eigenvalue weighted by Gasteiger charge is 2.13. The molecule has 0 saturated carbocycles. The number of hydrogen-bond donors (Lipinski definition) is 1. The Bertz CT molecular complexity index is 1170. The molecule has 27 heavy (non-hydrogen) atoms. The molecule has 0 aliphatic carbocycles. The Hall–Kier alpha value is -3.66. The number of rotatable bonds is 4. The molecule has 1 N–H and O–H groups in total. The monoisotopic (exact) mass is 380 g/mol. The minimum atomic E-state index is -0.534. The molecule has 0 fully saturated rings. The SMILES string of the molecule is Cc1nnc2sc(-c3ccc(NC(=O)c4cccc([N+](=O)[O-])c4)cc3)nn12. The van der Waals surface area contributed by atoms with E-state index in [-0.39, 0.29) is 11.3 Å². The summed E-state index contributed by atoms with van der Waals surface area (Å²) >= 11 is 1.42. The molecule has 2 aromatic carbocycles. The predicted octanol–water partition coefficient (Wildman–Crippen LogP) is 3.32. The van der Waals surface area contributed by atoms with Crippen molar-refractivity contribution in [1.29, 1.82) is 0 Å². The first-order valence-corrected chi connectivity index (χ1v) is 8.68. The molecule has 0 bridgehead atoms. The number of amides is 1. The van der Waals surface area contributed by atoms with Crippen molar-refractivity contribution in [1.82, 2.24) is 19.8 Å². The van der Waals surface area contributed by atoms with Crippen LogP contribution >= 0.6 is 11.3 Å². The average molecular weight is 380 g/mol. The molecule has 2 heterocycles. The molecule has 0 spiro atoms. The van der Waals surface area contributed by atoms with Crippen LogP contribution in [-0.2, 0) is 0 Å². The third-order valence-corrected chi connectivity index (χ3v) is 4.80. The highest BCUT2D eigenvalue weighted by molar-refractivity contribution is 7.19. The van der Waals surface area contributed by atoms with Crippen LogP contribution < -0.4 is 5.32 Å². The molecule has 134 valence electrons. The van der Waals surface area contributed by atoms with Crippen molar-refractivity contribution in [2.24, 2.45) is 0 Å². The van der Waals surface area contributed by atoms with Gasteiger partial charge in [0.25, 0.3) is 11.6 Å². The zero-order valence-corrected chi connectivity index (χ0v) is 14.8. The van der Waals surface area contributed by atoms with Gasteiger partial charge in [-0.15, -0.1) is 10.2 Å². The molecule has 0 aliphatic heterocycles. The molecule has 2 aromatic heterocycles. The number of non-ortho nitro benzene ring substituents is 1. The minimum absolute atomic E-state index is 0.128. The second-order valence-electron chi connectivity index (χ2n) is 5.69. The fraction of sp³-hybridized carbons (Fsp3) is 0.0588. The average Bonchev–Trinajstić information content (AvgIpc) is 3.25. The quantitative estimate of drug-likeness (QED) is 0.429. The summed E-state index contributed by atoms with van der Waals surface area (Å²) in [5.74, 6) is 0.300. The van der Waals surface area contributed by atoms with Crippen LogP contribution in [0.2, 0.25) is 0 Å². The van der Waals surface area contributed by atoms with Gasteiger partial charge in [0, 0.05) is 28.9 Å². The molecular weight excluding hydrogens is 368 g/mol. The highest BCUT2D eigenvalue weighted by Crippen LogP contribution is 2.26. The third-order valence-electron chi connectivity index (χ3n) is 3.86. The normalized spacial score (nSPS) is 10.9. The lowest BCUT2D eigenvalue weighted by Gasteiger charge is -2.06. The van der Waals surface area contributed by atoms with Crippen LogP contribution in [0.15, 0.2) is 48.5 Å². The summed E-state index contributed by atoms with van der Waals surface area (Å²) in [5.41, 5.74) is 1.56. The number of carbonyl (C=O) groups is 1. The zero-order chi connectivity index (χ0) is 19.0. The Morgan fingerprint density at radius 2 is 1.96 bits per heavy atom. The van der Waals surface area contributed by atoms with Crippen LogP contribution in [0.1, 0.15) is 16.2 Å². The number of nitrogens with one attached hydrogen (secondary N) is 1. The maximum absolute atomic E-state index is 12.3. The summed E-state index contributed by atoms with van der Waals surface area (Å²) in [6.45, 7) is 1.83. The summed E-state index contributed by atoms with van der Waals surface area (Å²) in [5, 5.41) is 26.8. The number of benzene rings is 2. The zero-order valence-electron chi connectivity index (χ0n) is 14.0. The summed E-state index contributed by atoms with van der Waals surface area (Å²) < 4.78 is 1.68. The maximum atomic E-state index is 12.3. The Kier molecular flexibility index (Phi) is 4.09. The number of carbonyl (C=O) groups excluding carboxylic acids is 1. The first-order valence-electron chi connectivity index (χ1n) is 7.86. The Morgan fingerprint density at radius 3 is 2.67 bits per heavy atom. The lowest BCUT2D eigenvalue weighted by Crippen LogP contribution is -2.11. The smallest absolute Gasteiger partial charge is 0.270 e. The number of hydrogen-bond acceptors (Lipinski definition) is 7. The molecule has 0 aliphatic rings. The summed E-state index contributed by atoms with van der Waals surface area (Å²) in [4.78, 5) is 23.3. The first kappa shape index (κ1) is 16.8. The van der Waals surface area contributed by atoms with E-state index in [1.807, 2.05) is 19.1 Å². The standard InChI is InChI=1S/C17H12N6O3S/c1-10-19-20-17-22(10)21-16(27-17)11-5-7-13(8-6-11)18-15(24)12-3-2-4-14(9-12)23(25)26/h2-9H,1H3,(H,18,24). The van der Waals surface area contributed by atoms with Gasteiger partial charge in [-0.25, -0.2) is 0 Å². The van der Waals surface area contributed by atoms with Crippen LogP contribution in [0.4, 0.5) is 11.4 Å². The van der Waals surface area contributed by atoms with Gasteiger partial charge in [0.2, 0.25) is 4.96 Å². The van der Waals surface area contributed by atoms with Gasteiger partial charge in [-0.05, 0) is 37.3 Å². The van der Waals surface area contributed by atoms with Gasteiger partial charge in [0.15, 0.2) is 5.82 Å². The molecule has 4 rings (SSSR count). The second kappa shape index (κ2) is 6.57. The molecule has 0 unspecified atom stereocenters. The Labute approximate surface area is 156 Å². The van der Waals surface area contributed by atoms with Crippen molar-refractivity contribution in [3.8, 4) is 10.6 Å². The number of nitrogens with zero attached hydrogens (tertiary/aromatic N) is 5. The fourth-order valence-corrected chi connectivity index (χ4v) is 3.38. The maximum Gasteiger partial charge on any atom is 0.270 e. The van der Waals surface area contributed by atoms with Crippen LogP contribution in [0, 0.1) is 17.0 Å². The van der Waals surface area contributed by atoms with E-state index in [0.29, 0.717) is 16.5 Å². The molecular formula is C17H12N6O3S. The Balaban J connectivity index is 1.53. The lowest BCUT2D eigenvalue weighted by atomic mass is 10.1. The van der Waals surface area contributed by atoms with E-state index in [9.17, 15) is 14.9 Å². The molecule has 10 heteroatoms. The highest BCUT2D eigenvalue weighted by atomic mass is 32.1. The van der Waals surface area contributed by atoms with Gasteiger partial charge in [-0.1, -0.05) is 17.4 Å². The predicted molar refractivity (Wildman–Crippen MR) is 99.9 cm³/mol. The topological polar surface area (TPSA) is 115 Å². The van der Waals surface area contributed by atoms with Crippen LogP contribution in [0.5, 0.6) is 0 Å². The second-order valence-corrected chi connectivity index (χ2v) is 6.64. The van der Waals surface area contributed by atoms with Gasteiger partial charge in [0.05, 0.1) is 4.92 Å². The molecule has 0 atom stereocenters. The van der Waals surface area contributed by atoms with Crippen molar-refractivity contribution in [3.05, 3.63) is 70.0 Å². The lowest BCUT2D eigenvalue weighted by molar-refractivity contribution is -0.384. The summed E-state index contributed by atoms with van der Waals surface area (Å²) in [7, 11) is 0. The van der Waals surface area contributed by atoms with Crippen molar-refractivity contribution in [2.75, 3.05) is 5.32 Å². The van der Waals surface area contributed by atoms with Crippen molar-refractivity contribution >= 4 is 33.6 Å². The van der Waals surface area contributed by atoms with Crippen LogP contribution in [0.25, 0.3) is 15.5 Å². The molecule has 9 nitrogen and oxygen atoms in total. The van der Waals surface area contributed by atoms with Crippen LogP contribution in [0.3, 0.4) is 0 Å². The van der Waals surface area contributed by atoms with Crippen molar-refractivity contribution < 1.29 is 9.72 Å².